The molecule has 0 unspecified atom stereocenters. The van der Waals surface area contributed by atoms with Gasteiger partial charge >= 0.3 is 0 Å². The summed E-state index contributed by atoms with van der Waals surface area (Å²) in [6.07, 6.45) is 24.5. The molecule has 2 aromatic heterocycles. The SMILES string of the molecule is c1c[nH]c(CN(Cc2ncc[nH]2)C2CCC(CN3CCC4(CCN(C5CCCCC5)CC4)C3)CC2)n1. The van der Waals surface area contributed by atoms with Gasteiger partial charge in [-0.3, -0.25) is 4.90 Å². The highest BCUT2D eigenvalue weighted by Gasteiger charge is 2.42. The van der Waals surface area contributed by atoms with Crippen LogP contribution in [0.25, 0.3) is 0 Å². The van der Waals surface area contributed by atoms with Crippen molar-refractivity contribution in [1.29, 1.82) is 0 Å². The normalized spacial score (nSPS) is 28.4. The van der Waals surface area contributed by atoms with Crippen molar-refractivity contribution in [2.75, 3.05) is 32.7 Å². The maximum absolute atomic E-state index is 4.50. The largest absolute Gasteiger partial charge is 0.348 e. The second-order valence-corrected chi connectivity index (χ2v) is 12.5. The third-order valence-electron chi connectivity index (χ3n) is 10.1. The molecule has 0 atom stereocenters. The lowest BCUT2D eigenvalue weighted by Gasteiger charge is -2.44. The van der Waals surface area contributed by atoms with E-state index in [1.807, 2.05) is 24.8 Å². The minimum atomic E-state index is 0.616. The maximum Gasteiger partial charge on any atom is 0.120 e. The topological polar surface area (TPSA) is 67.1 Å². The summed E-state index contributed by atoms with van der Waals surface area (Å²) in [4.78, 5) is 23.9. The first-order chi connectivity index (χ1) is 17.7. The van der Waals surface area contributed by atoms with Gasteiger partial charge in [0.1, 0.15) is 11.6 Å². The fourth-order valence-corrected chi connectivity index (χ4v) is 7.93. The fourth-order valence-electron chi connectivity index (χ4n) is 7.93. The summed E-state index contributed by atoms with van der Waals surface area (Å²) in [5.74, 6) is 2.98. The van der Waals surface area contributed by atoms with Crippen LogP contribution < -0.4 is 0 Å². The van der Waals surface area contributed by atoms with E-state index in [2.05, 4.69) is 34.6 Å². The molecule has 6 rings (SSSR count). The van der Waals surface area contributed by atoms with E-state index in [9.17, 15) is 0 Å². The zero-order valence-corrected chi connectivity index (χ0v) is 22.2. The molecule has 2 aliphatic carbocycles. The first-order valence-electron chi connectivity index (χ1n) is 14.9. The molecule has 7 heteroatoms. The van der Waals surface area contributed by atoms with Crippen LogP contribution in [-0.2, 0) is 13.1 Å². The van der Waals surface area contributed by atoms with E-state index in [1.54, 1.807) is 0 Å². The summed E-state index contributed by atoms with van der Waals surface area (Å²) < 4.78 is 0. The third kappa shape index (κ3) is 5.89. The number of hydrogen-bond donors (Lipinski definition) is 2. The summed E-state index contributed by atoms with van der Waals surface area (Å²) in [6, 6.07) is 1.52. The zero-order valence-electron chi connectivity index (χ0n) is 22.2. The van der Waals surface area contributed by atoms with Crippen molar-refractivity contribution in [2.24, 2.45) is 11.3 Å². The van der Waals surface area contributed by atoms with Crippen LogP contribution in [-0.4, -0.2) is 79.4 Å². The van der Waals surface area contributed by atoms with Crippen LogP contribution in [0.5, 0.6) is 0 Å². The number of imidazole rings is 2. The average molecular weight is 494 g/mol. The van der Waals surface area contributed by atoms with Crippen molar-refractivity contribution < 1.29 is 0 Å². The molecule has 2 saturated heterocycles. The summed E-state index contributed by atoms with van der Waals surface area (Å²) >= 11 is 0. The standard InChI is InChI=1S/C29H47N7/c1-2-4-25(5-3-1)35-18-11-29(12-19-35)10-17-34(23-29)20-24-6-8-26(9-7-24)36(21-27-30-13-14-31-27)22-28-32-15-16-33-28/h13-16,24-26H,1-12,17-23H2,(H,30,31)(H,32,33). The highest BCUT2D eigenvalue weighted by atomic mass is 15.2. The van der Waals surface area contributed by atoms with Crippen molar-refractivity contribution in [3.63, 3.8) is 0 Å². The van der Waals surface area contributed by atoms with E-state index in [-0.39, 0.29) is 0 Å². The summed E-state index contributed by atoms with van der Waals surface area (Å²) in [6.45, 7) is 8.51. The van der Waals surface area contributed by atoms with Gasteiger partial charge in [0.2, 0.25) is 0 Å². The first-order valence-corrected chi connectivity index (χ1v) is 14.9. The smallest absolute Gasteiger partial charge is 0.120 e. The Labute approximate surface area is 217 Å². The molecule has 0 amide bonds. The van der Waals surface area contributed by atoms with Crippen LogP contribution in [0.3, 0.4) is 0 Å². The Hall–Kier alpha value is -1.70. The van der Waals surface area contributed by atoms with Crippen molar-refractivity contribution in [2.45, 2.75) is 102 Å². The molecule has 0 aromatic carbocycles. The lowest BCUT2D eigenvalue weighted by atomic mass is 9.77. The highest BCUT2D eigenvalue weighted by molar-refractivity contribution is 4.97. The van der Waals surface area contributed by atoms with Gasteiger partial charge in [-0.25, -0.2) is 9.97 Å². The molecule has 198 valence electrons. The van der Waals surface area contributed by atoms with Crippen LogP contribution >= 0.6 is 0 Å². The maximum atomic E-state index is 4.50. The lowest BCUT2D eigenvalue weighted by molar-refractivity contribution is 0.0588. The molecule has 36 heavy (non-hydrogen) atoms. The summed E-state index contributed by atoms with van der Waals surface area (Å²) in [7, 11) is 0. The number of nitrogens with zero attached hydrogens (tertiary/aromatic N) is 5. The van der Waals surface area contributed by atoms with Gasteiger partial charge in [-0.15, -0.1) is 0 Å². The minimum absolute atomic E-state index is 0.616. The van der Waals surface area contributed by atoms with Gasteiger partial charge in [0.15, 0.2) is 0 Å². The van der Waals surface area contributed by atoms with Gasteiger partial charge in [-0.1, -0.05) is 19.3 Å². The molecule has 0 bridgehead atoms. The van der Waals surface area contributed by atoms with E-state index in [0.717, 1.165) is 36.7 Å². The molecule has 7 nitrogen and oxygen atoms in total. The van der Waals surface area contributed by atoms with E-state index < -0.39 is 0 Å². The Balaban J connectivity index is 0.968. The van der Waals surface area contributed by atoms with E-state index in [4.69, 9.17) is 0 Å². The molecular formula is C29H47N7. The molecule has 2 aromatic rings. The van der Waals surface area contributed by atoms with Crippen LogP contribution in [0.15, 0.2) is 24.8 Å². The number of aromatic nitrogens is 4. The molecule has 4 heterocycles. The van der Waals surface area contributed by atoms with Gasteiger partial charge in [0.05, 0.1) is 13.1 Å². The third-order valence-corrected chi connectivity index (χ3v) is 10.1. The van der Waals surface area contributed by atoms with E-state index in [1.165, 1.54) is 110 Å². The Kier molecular flexibility index (Phi) is 7.77. The number of H-pyrrole nitrogens is 2. The van der Waals surface area contributed by atoms with Crippen molar-refractivity contribution in [1.82, 2.24) is 34.6 Å². The molecule has 4 fully saturated rings. The zero-order chi connectivity index (χ0) is 24.2. The number of hydrogen-bond acceptors (Lipinski definition) is 5. The van der Waals surface area contributed by atoms with Crippen LogP contribution in [0, 0.1) is 11.3 Å². The Morgan fingerprint density at radius 3 is 2.06 bits per heavy atom. The van der Waals surface area contributed by atoms with Gasteiger partial charge in [-0.2, -0.15) is 0 Å². The lowest BCUT2D eigenvalue weighted by Crippen LogP contribution is -2.47. The van der Waals surface area contributed by atoms with Crippen LogP contribution in [0.4, 0.5) is 0 Å². The van der Waals surface area contributed by atoms with Crippen molar-refractivity contribution >= 4 is 0 Å². The molecule has 2 saturated carbocycles. The minimum Gasteiger partial charge on any atom is -0.348 e. The van der Waals surface area contributed by atoms with Gasteiger partial charge in [0.25, 0.3) is 0 Å². The van der Waals surface area contributed by atoms with E-state index in [0.29, 0.717) is 11.5 Å². The summed E-state index contributed by atoms with van der Waals surface area (Å²) in [5.41, 5.74) is 0.630. The fraction of sp³-hybridized carbons (Fsp3) is 0.793. The number of aromatic amines is 2. The molecule has 1 spiro atoms. The van der Waals surface area contributed by atoms with Crippen molar-refractivity contribution in [3.05, 3.63) is 36.4 Å². The Bertz CT molecular complexity index is 852. The second kappa shape index (κ2) is 11.4. The highest BCUT2D eigenvalue weighted by Crippen LogP contribution is 2.42. The second-order valence-electron chi connectivity index (χ2n) is 12.5. The van der Waals surface area contributed by atoms with Crippen molar-refractivity contribution in [3.8, 4) is 0 Å². The number of piperidine rings is 1. The number of likely N-dealkylation sites (tertiary alicyclic amines) is 2. The van der Waals surface area contributed by atoms with E-state index >= 15 is 0 Å². The van der Waals surface area contributed by atoms with Crippen LogP contribution in [0.1, 0.15) is 88.7 Å². The molecule has 2 aliphatic heterocycles. The number of nitrogens with one attached hydrogen (secondary N) is 2. The quantitative estimate of drug-likeness (QED) is 0.552. The molecular weight excluding hydrogens is 446 g/mol. The molecule has 2 N–H and O–H groups in total. The van der Waals surface area contributed by atoms with Gasteiger partial charge < -0.3 is 19.8 Å². The Morgan fingerprint density at radius 1 is 0.806 bits per heavy atom. The predicted octanol–water partition coefficient (Wildman–Crippen LogP) is 4.81. The summed E-state index contributed by atoms with van der Waals surface area (Å²) in [5, 5.41) is 0. The first kappa shape index (κ1) is 24.6. The Morgan fingerprint density at radius 2 is 1.44 bits per heavy atom. The monoisotopic (exact) mass is 493 g/mol. The van der Waals surface area contributed by atoms with Gasteiger partial charge in [0, 0.05) is 50.0 Å². The predicted molar refractivity (Wildman–Crippen MR) is 143 cm³/mol. The molecule has 4 aliphatic rings. The number of rotatable bonds is 8. The van der Waals surface area contributed by atoms with Gasteiger partial charge in [-0.05, 0) is 88.8 Å². The van der Waals surface area contributed by atoms with Crippen LogP contribution in [0.2, 0.25) is 0 Å². The average Bonchev–Trinajstić information content (AvgIpc) is 3.69. The molecule has 0 radical (unpaired) electrons.